The van der Waals surface area contributed by atoms with Crippen LogP contribution in [0.5, 0.6) is 5.75 Å². The summed E-state index contributed by atoms with van der Waals surface area (Å²) in [5.74, 6) is 0.826. The average molecular weight is 366 g/mol. The lowest BCUT2D eigenvalue weighted by Crippen LogP contribution is -2.38. The van der Waals surface area contributed by atoms with Crippen LogP contribution in [-0.4, -0.2) is 40.8 Å². The van der Waals surface area contributed by atoms with Gasteiger partial charge in [0.1, 0.15) is 11.4 Å². The van der Waals surface area contributed by atoms with Crippen LogP contribution in [0.1, 0.15) is 35.2 Å². The molecule has 1 saturated heterocycles. The molecule has 0 radical (unpaired) electrons. The van der Waals surface area contributed by atoms with Crippen molar-refractivity contribution in [2.45, 2.75) is 31.3 Å². The minimum absolute atomic E-state index is 0.111. The highest BCUT2D eigenvalue weighted by Gasteiger charge is 2.44. The maximum atomic E-state index is 12.4. The summed E-state index contributed by atoms with van der Waals surface area (Å²) in [5, 5.41) is 11.1. The summed E-state index contributed by atoms with van der Waals surface area (Å²) in [6, 6.07) is 14.4. The smallest absolute Gasteiger partial charge is 0.280 e. The van der Waals surface area contributed by atoms with Crippen LogP contribution in [0.15, 0.2) is 48.5 Å². The number of carbonyl (C=O) groups excluding carboxylic acids is 1. The van der Waals surface area contributed by atoms with Gasteiger partial charge >= 0.3 is 0 Å². The first-order valence-electron chi connectivity index (χ1n) is 9.32. The van der Waals surface area contributed by atoms with Crippen LogP contribution in [0.3, 0.4) is 0 Å². The molecular weight excluding hydrogens is 344 g/mol. The van der Waals surface area contributed by atoms with Crippen molar-refractivity contribution in [2.24, 2.45) is 0 Å². The SMILES string of the molecule is O=C(CCCN1CCC2(Cc3ccccc3O2)C1)c1ccccc1[N+](=O)[O-]. The molecule has 0 aliphatic carbocycles. The van der Waals surface area contributed by atoms with Crippen molar-refractivity contribution in [3.8, 4) is 5.75 Å². The third-order valence-corrected chi connectivity index (χ3v) is 5.49. The van der Waals surface area contributed by atoms with E-state index in [0.717, 1.165) is 38.2 Å². The Morgan fingerprint density at radius 3 is 2.78 bits per heavy atom. The van der Waals surface area contributed by atoms with Crippen LogP contribution in [0.25, 0.3) is 0 Å². The van der Waals surface area contributed by atoms with E-state index in [1.54, 1.807) is 12.1 Å². The number of carbonyl (C=O) groups is 1. The maximum absolute atomic E-state index is 12.4. The van der Waals surface area contributed by atoms with Gasteiger partial charge in [-0.15, -0.1) is 0 Å². The molecule has 1 unspecified atom stereocenters. The van der Waals surface area contributed by atoms with Gasteiger partial charge in [-0.05, 0) is 30.7 Å². The van der Waals surface area contributed by atoms with Crippen LogP contribution >= 0.6 is 0 Å². The molecular formula is C21H22N2O4. The molecule has 140 valence electrons. The van der Waals surface area contributed by atoms with Gasteiger partial charge in [-0.3, -0.25) is 19.8 Å². The van der Waals surface area contributed by atoms with E-state index in [2.05, 4.69) is 11.0 Å². The number of benzene rings is 2. The van der Waals surface area contributed by atoms with E-state index in [-0.39, 0.29) is 22.6 Å². The predicted octanol–water partition coefficient (Wildman–Crippen LogP) is 3.64. The number of rotatable bonds is 6. The summed E-state index contributed by atoms with van der Waals surface area (Å²) < 4.78 is 6.24. The van der Waals surface area contributed by atoms with Gasteiger partial charge in [0.15, 0.2) is 5.78 Å². The molecule has 27 heavy (non-hydrogen) atoms. The van der Waals surface area contributed by atoms with Gasteiger partial charge in [0.05, 0.1) is 10.5 Å². The molecule has 0 N–H and O–H groups in total. The molecule has 0 bridgehead atoms. The molecule has 0 amide bonds. The standard InChI is InChI=1S/C21H22N2O4/c24-19(17-7-2-3-8-18(17)23(25)26)9-5-12-22-13-11-21(15-22)14-16-6-1-4-10-20(16)27-21/h1-4,6-8,10H,5,9,11-15H2. The fourth-order valence-electron chi connectivity index (χ4n) is 4.18. The van der Waals surface area contributed by atoms with Crippen LogP contribution in [0.4, 0.5) is 5.69 Å². The Labute approximate surface area is 157 Å². The Kier molecular flexibility index (Phi) is 4.66. The number of ketones is 1. The second-order valence-electron chi connectivity index (χ2n) is 7.40. The number of Topliss-reactive ketones (excluding diaryl/α,β-unsaturated/α-hetero) is 1. The molecule has 6 heteroatoms. The lowest BCUT2D eigenvalue weighted by Gasteiger charge is -2.24. The summed E-state index contributed by atoms with van der Waals surface area (Å²) in [7, 11) is 0. The molecule has 0 saturated carbocycles. The fourth-order valence-corrected chi connectivity index (χ4v) is 4.18. The molecule has 1 atom stereocenters. The van der Waals surface area contributed by atoms with E-state index in [9.17, 15) is 14.9 Å². The van der Waals surface area contributed by atoms with Gasteiger partial charge in [0.25, 0.3) is 5.69 Å². The molecule has 1 fully saturated rings. The zero-order valence-corrected chi connectivity index (χ0v) is 15.1. The molecule has 2 aromatic carbocycles. The van der Waals surface area contributed by atoms with Crippen molar-refractivity contribution < 1.29 is 14.5 Å². The van der Waals surface area contributed by atoms with Gasteiger partial charge in [-0.1, -0.05) is 30.3 Å². The van der Waals surface area contributed by atoms with Crippen molar-refractivity contribution in [1.82, 2.24) is 4.90 Å². The number of nitro benzene ring substituents is 1. The van der Waals surface area contributed by atoms with Crippen molar-refractivity contribution in [1.29, 1.82) is 0 Å². The summed E-state index contributed by atoms with van der Waals surface area (Å²) in [6.07, 6.45) is 2.93. The van der Waals surface area contributed by atoms with E-state index < -0.39 is 4.92 Å². The molecule has 4 rings (SSSR count). The third-order valence-electron chi connectivity index (χ3n) is 5.49. The van der Waals surface area contributed by atoms with E-state index in [1.807, 2.05) is 18.2 Å². The number of fused-ring (bicyclic) bond motifs is 1. The highest BCUT2D eigenvalue weighted by molar-refractivity contribution is 5.99. The minimum Gasteiger partial charge on any atom is -0.485 e. The van der Waals surface area contributed by atoms with Gasteiger partial charge in [0.2, 0.25) is 0 Å². The lowest BCUT2D eigenvalue weighted by molar-refractivity contribution is -0.385. The zero-order valence-electron chi connectivity index (χ0n) is 15.1. The minimum atomic E-state index is -0.493. The molecule has 2 aliphatic rings. The van der Waals surface area contributed by atoms with E-state index in [1.165, 1.54) is 17.7 Å². The highest BCUT2D eigenvalue weighted by atomic mass is 16.6. The fraction of sp³-hybridized carbons (Fsp3) is 0.381. The Balaban J connectivity index is 1.30. The van der Waals surface area contributed by atoms with Crippen molar-refractivity contribution >= 4 is 11.5 Å². The third kappa shape index (κ3) is 3.57. The number of para-hydroxylation sites is 2. The monoisotopic (exact) mass is 366 g/mol. The normalized spacial score (nSPS) is 21.2. The zero-order chi connectivity index (χ0) is 18.9. The number of hydrogen-bond acceptors (Lipinski definition) is 5. The van der Waals surface area contributed by atoms with Crippen LogP contribution in [-0.2, 0) is 6.42 Å². The molecule has 1 spiro atoms. The van der Waals surface area contributed by atoms with Crippen molar-refractivity contribution in [3.63, 3.8) is 0 Å². The lowest BCUT2D eigenvalue weighted by atomic mass is 9.96. The number of likely N-dealkylation sites (tertiary alicyclic amines) is 1. The summed E-state index contributed by atoms with van der Waals surface area (Å²) in [6.45, 7) is 2.61. The molecule has 2 aromatic rings. The largest absolute Gasteiger partial charge is 0.485 e. The molecule has 2 heterocycles. The molecule has 2 aliphatic heterocycles. The van der Waals surface area contributed by atoms with Crippen LogP contribution in [0.2, 0.25) is 0 Å². The number of nitro groups is 1. The Hall–Kier alpha value is -2.73. The van der Waals surface area contributed by atoms with Gasteiger partial charge in [-0.2, -0.15) is 0 Å². The Bertz CT molecular complexity index is 855. The van der Waals surface area contributed by atoms with E-state index in [0.29, 0.717) is 12.8 Å². The van der Waals surface area contributed by atoms with Crippen molar-refractivity contribution in [3.05, 3.63) is 69.8 Å². The topological polar surface area (TPSA) is 72.7 Å². The van der Waals surface area contributed by atoms with E-state index >= 15 is 0 Å². The Morgan fingerprint density at radius 1 is 1.19 bits per heavy atom. The second kappa shape index (κ2) is 7.12. The number of hydrogen-bond donors (Lipinski definition) is 0. The summed E-state index contributed by atoms with van der Waals surface area (Å²) in [5.41, 5.74) is 1.23. The Morgan fingerprint density at radius 2 is 1.96 bits per heavy atom. The first-order valence-corrected chi connectivity index (χ1v) is 9.32. The molecule has 0 aromatic heterocycles. The average Bonchev–Trinajstić information content (AvgIpc) is 3.23. The van der Waals surface area contributed by atoms with Crippen molar-refractivity contribution in [2.75, 3.05) is 19.6 Å². The predicted molar refractivity (Wildman–Crippen MR) is 101 cm³/mol. The maximum Gasteiger partial charge on any atom is 0.280 e. The quantitative estimate of drug-likeness (QED) is 0.443. The number of ether oxygens (including phenoxy) is 1. The van der Waals surface area contributed by atoms with Crippen LogP contribution in [0, 0.1) is 10.1 Å². The first kappa shape index (κ1) is 17.7. The first-order chi connectivity index (χ1) is 13.1. The van der Waals surface area contributed by atoms with Crippen LogP contribution < -0.4 is 4.74 Å². The highest BCUT2D eigenvalue weighted by Crippen LogP contribution is 2.40. The second-order valence-corrected chi connectivity index (χ2v) is 7.40. The van der Waals surface area contributed by atoms with E-state index in [4.69, 9.17) is 4.74 Å². The van der Waals surface area contributed by atoms with Gasteiger partial charge < -0.3 is 4.74 Å². The summed E-state index contributed by atoms with van der Waals surface area (Å²) >= 11 is 0. The molecule has 6 nitrogen and oxygen atoms in total. The summed E-state index contributed by atoms with van der Waals surface area (Å²) in [4.78, 5) is 25.3. The van der Waals surface area contributed by atoms with Gasteiger partial charge in [-0.25, -0.2) is 0 Å². The number of nitrogens with zero attached hydrogens (tertiary/aromatic N) is 2. The van der Waals surface area contributed by atoms with Gasteiger partial charge in [0, 0.05) is 38.4 Å².